The van der Waals surface area contributed by atoms with Crippen LogP contribution in [0.25, 0.3) is 44.4 Å². The Labute approximate surface area is 321 Å². The van der Waals surface area contributed by atoms with Gasteiger partial charge in [-0.2, -0.15) is 5.48 Å². The number of hydroxylamine groups is 1. The fourth-order valence-electron chi connectivity index (χ4n) is 8.35. The molecule has 14 nitrogen and oxygen atoms in total. The van der Waals surface area contributed by atoms with Gasteiger partial charge in [-0.15, -0.1) is 0 Å². The SMILES string of the molecule is CON[C@H](CC(CCCN)c1nc2ccc3nc(-c4cc5ccc6c(c5o4)NC([C@@H]4CCCN4C(=O)[C@@H](NC(=O)OC)C(C)C)N6C)ccc3c2[nH]1)C(C)C. The third kappa shape index (κ3) is 7.42. The molecule has 3 aromatic heterocycles. The summed E-state index contributed by atoms with van der Waals surface area (Å²) in [7, 11) is 5.01. The average molecular weight is 754 g/mol. The summed E-state index contributed by atoms with van der Waals surface area (Å²) in [6.07, 6.45) is 3.64. The van der Waals surface area contributed by atoms with E-state index in [-0.39, 0.29) is 36.0 Å². The van der Waals surface area contributed by atoms with Gasteiger partial charge in [0.2, 0.25) is 5.91 Å². The zero-order valence-electron chi connectivity index (χ0n) is 32.9. The molecule has 294 valence electrons. The molecule has 14 heteroatoms. The lowest BCUT2D eigenvalue weighted by Crippen LogP contribution is -2.57. The molecule has 2 unspecified atom stereocenters. The van der Waals surface area contributed by atoms with Gasteiger partial charge in [0.15, 0.2) is 11.3 Å². The number of anilines is 2. The molecule has 0 bridgehead atoms. The predicted molar refractivity (Wildman–Crippen MR) is 216 cm³/mol. The number of likely N-dealkylation sites (N-methyl/N-ethyl adjacent to an activating group) is 1. The van der Waals surface area contributed by atoms with Crippen molar-refractivity contribution in [2.75, 3.05) is 44.6 Å². The van der Waals surface area contributed by atoms with Gasteiger partial charge in [0, 0.05) is 36.3 Å². The highest BCUT2D eigenvalue weighted by Crippen LogP contribution is 2.44. The molecule has 5 atom stereocenters. The summed E-state index contributed by atoms with van der Waals surface area (Å²) < 4.78 is 11.4. The highest BCUT2D eigenvalue weighted by atomic mass is 16.6. The van der Waals surface area contributed by atoms with Crippen molar-refractivity contribution >= 4 is 56.3 Å². The van der Waals surface area contributed by atoms with E-state index in [2.05, 4.69) is 58.0 Å². The number of likely N-dealkylation sites (tertiary alicyclic amines) is 1. The normalized spacial score (nSPS) is 18.7. The molecule has 5 aromatic rings. The van der Waals surface area contributed by atoms with Gasteiger partial charge < -0.3 is 45.1 Å². The molecule has 0 radical (unpaired) electrons. The highest BCUT2D eigenvalue weighted by molar-refractivity contribution is 6.04. The van der Waals surface area contributed by atoms with Crippen LogP contribution in [-0.2, 0) is 14.4 Å². The van der Waals surface area contributed by atoms with Gasteiger partial charge in [-0.05, 0) is 92.9 Å². The van der Waals surface area contributed by atoms with Gasteiger partial charge in [0.05, 0.1) is 42.5 Å². The number of alkyl carbamates (subject to hydrolysis) is 1. The minimum atomic E-state index is -0.679. The minimum absolute atomic E-state index is 0.0994. The number of carbonyl (C=O) groups excluding carboxylic acids is 2. The second kappa shape index (κ2) is 16.0. The molecule has 2 aliphatic rings. The number of nitrogens with zero attached hydrogens (tertiary/aromatic N) is 4. The van der Waals surface area contributed by atoms with Gasteiger partial charge in [-0.3, -0.25) is 4.79 Å². The number of nitrogens with two attached hydrogens (primary N) is 1. The zero-order valence-corrected chi connectivity index (χ0v) is 32.9. The fourth-order valence-corrected chi connectivity index (χ4v) is 8.35. The van der Waals surface area contributed by atoms with Crippen molar-refractivity contribution in [2.24, 2.45) is 17.6 Å². The molecule has 2 aromatic carbocycles. The Bertz CT molecular complexity index is 2160. The number of aromatic nitrogens is 3. The Hall–Kier alpha value is -4.92. The summed E-state index contributed by atoms with van der Waals surface area (Å²) in [5.74, 6) is 2.00. The molecule has 2 aliphatic heterocycles. The van der Waals surface area contributed by atoms with Gasteiger partial charge in [-0.1, -0.05) is 27.7 Å². The molecule has 2 amide bonds. The number of furan rings is 1. The first-order chi connectivity index (χ1) is 26.5. The number of ether oxygens (including phenoxy) is 1. The van der Waals surface area contributed by atoms with Gasteiger partial charge in [-0.25, -0.2) is 14.8 Å². The van der Waals surface area contributed by atoms with Crippen LogP contribution in [0.15, 0.2) is 46.9 Å². The van der Waals surface area contributed by atoms with E-state index in [4.69, 9.17) is 29.7 Å². The number of imidazole rings is 1. The molecule has 1 saturated heterocycles. The maximum Gasteiger partial charge on any atom is 0.407 e. The third-order valence-corrected chi connectivity index (χ3v) is 11.4. The average Bonchev–Trinajstić information content (AvgIpc) is 3.99. The lowest BCUT2D eigenvalue weighted by Gasteiger charge is -2.36. The van der Waals surface area contributed by atoms with Crippen molar-refractivity contribution in [1.29, 1.82) is 0 Å². The van der Waals surface area contributed by atoms with E-state index in [9.17, 15) is 9.59 Å². The van der Waals surface area contributed by atoms with Crippen LogP contribution in [-0.4, -0.2) is 90.5 Å². The maximum atomic E-state index is 13.8. The molecule has 5 heterocycles. The second-order valence-corrected chi connectivity index (χ2v) is 15.7. The van der Waals surface area contributed by atoms with Crippen LogP contribution in [0.5, 0.6) is 0 Å². The van der Waals surface area contributed by atoms with Crippen molar-refractivity contribution < 1.29 is 23.6 Å². The summed E-state index contributed by atoms with van der Waals surface area (Å²) >= 11 is 0. The summed E-state index contributed by atoms with van der Waals surface area (Å²) in [5.41, 5.74) is 15.2. The molecule has 6 N–H and O–H groups in total. The molecule has 7 rings (SSSR count). The molecule has 0 aliphatic carbocycles. The number of methoxy groups -OCH3 is 1. The van der Waals surface area contributed by atoms with E-state index < -0.39 is 12.1 Å². The summed E-state index contributed by atoms with van der Waals surface area (Å²) in [5, 5.41) is 8.41. The number of hydrogen-bond donors (Lipinski definition) is 5. The largest absolute Gasteiger partial charge is 0.453 e. The van der Waals surface area contributed by atoms with Crippen LogP contribution in [0, 0.1) is 11.8 Å². The quantitative estimate of drug-likeness (QED) is 0.0786. The number of hydrogen-bond acceptors (Lipinski definition) is 11. The van der Waals surface area contributed by atoms with Crippen LogP contribution in [0.3, 0.4) is 0 Å². The molecular weight excluding hydrogens is 699 g/mol. The highest BCUT2D eigenvalue weighted by Gasteiger charge is 2.43. The van der Waals surface area contributed by atoms with Crippen molar-refractivity contribution in [3.05, 3.63) is 48.3 Å². The standard InChI is InChI=1S/C41H55N9O5/c1-22(2)30(48-54-7)20-25(10-8-18-42)38-44-29-16-15-27-26(35(29)45-38)13-14-28(43-27)33-21-24-12-17-31-36(37(24)55-33)46-39(49(31)5)32-11-9-19-50(32)40(51)34(23(3)4)47-41(52)53-6/h12-17,21-23,25,30,32,34,39,46,48H,8-11,18-20,42H2,1-7H3,(H,44,45)(H,47,52)/t25?,30-,32+,34+,39?/m1/s1. The fraction of sp³-hybridized carbons (Fsp3) is 0.512. The van der Waals surface area contributed by atoms with E-state index in [1.165, 1.54) is 7.11 Å². The van der Waals surface area contributed by atoms with Crippen LogP contribution in [0.2, 0.25) is 0 Å². The van der Waals surface area contributed by atoms with Gasteiger partial charge in [0.1, 0.15) is 29.4 Å². The van der Waals surface area contributed by atoms with Gasteiger partial charge in [0.25, 0.3) is 0 Å². The van der Waals surface area contributed by atoms with Crippen molar-refractivity contribution in [3.8, 4) is 11.5 Å². The van der Waals surface area contributed by atoms with Crippen LogP contribution in [0.1, 0.15) is 71.5 Å². The Balaban J connectivity index is 1.15. The zero-order chi connectivity index (χ0) is 39.0. The first-order valence-corrected chi connectivity index (χ1v) is 19.5. The Kier molecular flexibility index (Phi) is 11.2. The number of amides is 2. The lowest BCUT2D eigenvalue weighted by molar-refractivity contribution is -0.135. The number of pyridine rings is 1. The molecule has 0 spiro atoms. The van der Waals surface area contributed by atoms with Gasteiger partial charge >= 0.3 is 6.09 Å². The first kappa shape index (κ1) is 38.4. The second-order valence-electron chi connectivity index (χ2n) is 15.7. The molecule has 1 fully saturated rings. The summed E-state index contributed by atoms with van der Waals surface area (Å²) in [4.78, 5) is 49.1. The number of aromatic amines is 1. The van der Waals surface area contributed by atoms with Crippen molar-refractivity contribution in [3.63, 3.8) is 0 Å². The monoisotopic (exact) mass is 753 g/mol. The van der Waals surface area contributed by atoms with Crippen LogP contribution < -0.4 is 26.7 Å². The van der Waals surface area contributed by atoms with E-state index in [0.717, 1.165) is 87.9 Å². The lowest BCUT2D eigenvalue weighted by atomic mass is 9.89. The number of carbonyl (C=O) groups is 2. The molecule has 0 saturated carbocycles. The van der Waals surface area contributed by atoms with E-state index >= 15 is 0 Å². The molecule has 55 heavy (non-hydrogen) atoms. The number of rotatable bonds is 14. The van der Waals surface area contributed by atoms with E-state index in [1.54, 1.807) is 7.11 Å². The number of nitrogens with one attached hydrogen (secondary N) is 4. The Morgan fingerprint density at radius 1 is 1.05 bits per heavy atom. The number of benzene rings is 2. The number of fused-ring (bicyclic) bond motifs is 6. The van der Waals surface area contributed by atoms with E-state index in [0.29, 0.717) is 24.8 Å². The summed E-state index contributed by atoms with van der Waals surface area (Å²) in [6.45, 7) is 9.49. The van der Waals surface area contributed by atoms with Crippen molar-refractivity contribution in [2.45, 2.75) is 90.0 Å². The van der Waals surface area contributed by atoms with Crippen LogP contribution >= 0.6 is 0 Å². The third-order valence-electron chi connectivity index (χ3n) is 11.4. The maximum absolute atomic E-state index is 13.8. The van der Waals surface area contributed by atoms with E-state index in [1.807, 2.05) is 50.1 Å². The topological polar surface area (TPSA) is 176 Å². The Morgan fingerprint density at radius 2 is 1.85 bits per heavy atom. The summed E-state index contributed by atoms with van der Waals surface area (Å²) in [6, 6.07) is 13.7. The number of H-pyrrole nitrogens is 1. The predicted octanol–water partition coefficient (Wildman–Crippen LogP) is 6.47. The smallest absolute Gasteiger partial charge is 0.407 e. The first-order valence-electron chi connectivity index (χ1n) is 19.5. The molecular formula is C41H55N9O5. The Morgan fingerprint density at radius 3 is 2.58 bits per heavy atom. The van der Waals surface area contributed by atoms with Crippen molar-refractivity contribution in [1.82, 2.24) is 30.6 Å². The van der Waals surface area contributed by atoms with Crippen LogP contribution in [0.4, 0.5) is 16.2 Å². The minimum Gasteiger partial charge on any atom is -0.453 e.